The van der Waals surface area contributed by atoms with Gasteiger partial charge in [-0.05, 0) is 12.0 Å². The largest absolute Gasteiger partial charge is 0.388 e. The van der Waals surface area contributed by atoms with Crippen LogP contribution >= 0.6 is 11.3 Å². The van der Waals surface area contributed by atoms with Gasteiger partial charge in [-0.1, -0.05) is 44.2 Å². The van der Waals surface area contributed by atoms with E-state index in [2.05, 4.69) is 15.6 Å². The molecule has 0 fully saturated rings. The van der Waals surface area contributed by atoms with Crippen molar-refractivity contribution in [1.82, 2.24) is 10.3 Å². The van der Waals surface area contributed by atoms with Crippen LogP contribution < -0.4 is 10.6 Å². The summed E-state index contributed by atoms with van der Waals surface area (Å²) < 4.78 is 0. The molecule has 0 radical (unpaired) electrons. The van der Waals surface area contributed by atoms with Crippen molar-refractivity contribution >= 4 is 28.3 Å². The van der Waals surface area contributed by atoms with E-state index in [0.29, 0.717) is 23.8 Å². The van der Waals surface area contributed by atoms with Crippen molar-refractivity contribution in [1.29, 1.82) is 0 Å². The Morgan fingerprint density at radius 2 is 1.96 bits per heavy atom. The fraction of sp³-hybridized carbons (Fsp3) is 0.389. The SMILES string of the molecule is CC(C)C(=O)Nc1nc(CC(=O)NCCC(O)c2ccccc2)cs1. The number of nitrogens with one attached hydrogen (secondary N) is 2. The molecule has 7 heteroatoms. The fourth-order valence-corrected chi connectivity index (χ4v) is 2.83. The van der Waals surface area contributed by atoms with Crippen LogP contribution in [0.4, 0.5) is 5.13 Å². The lowest BCUT2D eigenvalue weighted by Gasteiger charge is -2.11. The topological polar surface area (TPSA) is 91.3 Å². The first-order valence-corrected chi connectivity index (χ1v) is 9.08. The van der Waals surface area contributed by atoms with Crippen LogP contribution in [-0.4, -0.2) is 28.4 Å². The van der Waals surface area contributed by atoms with Crippen LogP contribution in [0.5, 0.6) is 0 Å². The third-order valence-corrected chi connectivity index (χ3v) is 4.38. The number of aliphatic hydroxyl groups is 1. The number of amides is 2. The van der Waals surface area contributed by atoms with Gasteiger partial charge in [-0.3, -0.25) is 9.59 Å². The zero-order valence-corrected chi connectivity index (χ0v) is 15.2. The highest BCUT2D eigenvalue weighted by atomic mass is 32.1. The first kappa shape index (κ1) is 19.1. The Kier molecular flexibility index (Phi) is 7.09. The van der Waals surface area contributed by atoms with Gasteiger partial charge in [0.05, 0.1) is 18.2 Å². The first-order chi connectivity index (χ1) is 12.0. The molecule has 134 valence electrons. The molecule has 2 amide bonds. The van der Waals surface area contributed by atoms with E-state index in [1.165, 1.54) is 11.3 Å². The van der Waals surface area contributed by atoms with Gasteiger partial charge < -0.3 is 15.7 Å². The average molecular weight is 361 g/mol. The van der Waals surface area contributed by atoms with Gasteiger partial charge in [0.2, 0.25) is 11.8 Å². The minimum atomic E-state index is -0.598. The van der Waals surface area contributed by atoms with E-state index in [0.717, 1.165) is 5.56 Å². The molecule has 0 saturated heterocycles. The van der Waals surface area contributed by atoms with E-state index in [4.69, 9.17) is 0 Å². The summed E-state index contributed by atoms with van der Waals surface area (Å²) in [5.74, 6) is -0.376. The van der Waals surface area contributed by atoms with Crippen LogP contribution in [0.3, 0.4) is 0 Å². The summed E-state index contributed by atoms with van der Waals surface area (Å²) in [7, 11) is 0. The van der Waals surface area contributed by atoms with Crippen molar-refractivity contribution in [2.45, 2.75) is 32.8 Å². The molecule has 1 aromatic heterocycles. The number of aliphatic hydroxyl groups excluding tert-OH is 1. The Bertz CT molecular complexity index is 701. The molecular formula is C18H23N3O3S. The summed E-state index contributed by atoms with van der Waals surface area (Å²) >= 11 is 1.30. The Morgan fingerprint density at radius 3 is 2.64 bits per heavy atom. The van der Waals surface area contributed by atoms with Gasteiger partial charge in [0.15, 0.2) is 5.13 Å². The molecule has 1 aromatic carbocycles. The second-order valence-electron chi connectivity index (χ2n) is 6.03. The minimum absolute atomic E-state index is 0.0970. The normalized spacial score (nSPS) is 12.0. The maximum absolute atomic E-state index is 12.0. The predicted molar refractivity (Wildman–Crippen MR) is 98.3 cm³/mol. The Hall–Kier alpha value is -2.25. The summed E-state index contributed by atoms with van der Waals surface area (Å²) in [6.45, 7) is 4.00. The van der Waals surface area contributed by atoms with E-state index in [1.54, 1.807) is 19.2 Å². The molecule has 0 aliphatic heterocycles. The number of hydrogen-bond acceptors (Lipinski definition) is 5. The van der Waals surface area contributed by atoms with Gasteiger partial charge in [-0.15, -0.1) is 11.3 Å². The Morgan fingerprint density at radius 1 is 1.24 bits per heavy atom. The highest BCUT2D eigenvalue weighted by Gasteiger charge is 2.12. The third kappa shape index (κ3) is 6.28. The highest BCUT2D eigenvalue weighted by molar-refractivity contribution is 7.13. The van der Waals surface area contributed by atoms with E-state index < -0.39 is 6.10 Å². The van der Waals surface area contributed by atoms with Crippen molar-refractivity contribution in [3.8, 4) is 0 Å². The van der Waals surface area contributed by atoms with Crippen molar-refractivity contribution in [2.24, 2.45) is 5.92 Å². The lowest BCUT2D eigenvalue weighted by molar-refractivity contribution is -0.120. The van der Waals surface area contributed by atoms with Gasteiger partial charge in [0.1, 0.15) is 0 Å². The molecule has 25 heavy (non-hydrogen) atoms. The number of rotatable bonds is 8. The monoisotopic (exact) mass is 361 g/mol. The summed E-state index contributed by atoms with van der Waals surface area (Å²) in [6, 6.07) is 9.34. The minimum Gasteiger partial charge on any atom is -0.388 e. The van der Waals surface area contributed by atoms with Crippen molar-refractivity contribution in [3.05, 3.63) is 47.0 Å². The summed E-state index contributed by atoms with van der Waals surface area (Å²) in [6.07, 6.45) is -0.00327. The van der Waals surface area contributed by atoms with E-state index in [1.807, 2.05) is 30.3 Å². The Labute approximate surface area is 151 Å². The molecular weight excluding hydrogens is 338 g/mol. The standard InChI is InChI=1S/C18H23N3O3S/c1-12(2)17(24)21-18-20-14(11-25-18)10-16(23)19-9-8-15(22)13-6-4-3-5-7-13/h3-7,11-12,15,22H,8-10H2,1-2H3,(H,19,23)(H,20,21,24). The molecule has 0 aliphatic carbocycles. The maximum Gasteiger partial charge on any atom is 0.228 e. The molecule has 0 spiro atoms. The predicted octanol–water partition coefficient (Wildman–Crippen LogP) is 2.52. The molecule has 2 aromatic rings. The van der Waals surface area contributed by atoms with Crippen LogP contribution in [-0.2, 0) is 16.0 Å². The van der Waals surface area contributed by atoms with E-state index in [9.17, 15) is 14.7 Å². The smallest absolute Gasteiger partial charge is 0.228 e. The van der Waals surface area contributed by atoms with Crippen LogP contribution in [0.25, 0.3) is 0 Å². The zero-order chi connectivity index (χ0) is 18.2. The molecule has 1 unspecified atom stereocenters. The first-order valence-electron chi connectivity index (χ1n) is 8.20. The maximum atomic E-state index is 12.0. The van der Waals surface area contributed by atoms with Gasteiger partial charge in [-0.25, -0.2) is 4.98 Å². The molecule has 2 rings (SSSR count). The molecule has 0 aliphatic rings. The molecule has 1 atom stereocenters. The van der Waals surface area contributed by atoms with Gasteiger partial charge in [-0.2, -0.15) is 0 Å². The van der Waals surface area contributed by atoms with Crippen molar-refractivity contribution in [3.63, 3.8) is 0 Å². The second kappa shape index (κ2) is 9.29. The number of anilines is 1. The number of carbonyl (C=O) groups excluding carboxylic acids is 2. The van der Waals surface area contributed by atoms with Crippen LogP contribution in [0.15, 0.2) is 35.7 Å². The van der Waals surface area contributed by atoms with Crippen LogP contribution in [0, 0.1) is 5.92 Å². The number of thiazole rings is 1. The Balaban J connectivity index is 1.73. The summed E-state index contributed by atoms with van der Waals surface area (Å²) in [5.41, 5.74) is 1.45. The summed E-state index contributed by atoms with van der Waals surface area (Å²) in [4.78, 5) is 27.8. The van der Waals surface area contributed by atoms with Gasteiger partial charge in [0, 0.05) is 17.8 Å². The molecule has 6 nitrogen and oxygen atoms in total. The van der Waals surface area contributed by atoms with Crippen LogP contribution in [0.2, 0.25) is 0 Å². The van der Waals surface area contributed by atoms with Crippen LogP contribution in [0.1, 0.15) is 37.6 Å². The van der Waals surface area contributed by atoms with Crippen molar-refractivity contribution in [2.75, 3.05) is 11.9 Å². The average Bonchev–Trinajstić information content (AvgIpc) is 3.02. The van der Waals surface area contributed by atoms with E-state index >= 15 is 0 Å². The number of nitrogens with zero attached hydrogens (tertiary/aromatic N) is 1. The number of carbonyl (C=O) groups is 2. The van der Waals surface area contributed by atoms with Gasteiger partial charge in [0.25, 0.3) is 0 Å². The molecule has 0 saturated carbocycles. The zero-order valence-electron chi connectivity index (χ0n) is 14.4. The summed E-state index contributed by atoms with van der Waals surface area (Å²) in [5, 5.41) is 17.8. The number of hydrogen-bond donors (Lipinski definition) is 3. The fourth-order valence-electron chi connectivity index (χ4n) is 2.11. The lowest BCUT2D eigenvalue weighted by Crippen LogP contribution is -2.27. The van der Waals surface area contributed by atoms with Gasteiger partial charge >= 0.3 is 0 Å². The lowest BCUT2D eigenvalue weighted by atomic mass is 10.1. The number of benzene rings is 1. The van der Waals surface area contributed by atoms with Crippen molar-refractivity contribution < 1.29 is 14.7 Å². The quantitative estimate of drug-likeness (QED) is 0.674. The highest BCUT2D eigenvalue weighted by Crippen LogP contribution is 2.17. The molecule has 0 bridgehead atoms. The second-order valence-corrected chi connectivity index (χ2v) is 6.89. The van der Waals surface area contributed by atoms with E-state index in [-0.39, 0.29) is 24.2 Å². The third-order valence-electron chi connectivity index (χ3n) is 3.57. The molecule has 1 heterocycles. The molecule has 3 N–H and O–H groups in total. The number of aromatic nitrogens is 1.